The number of hydrogen-bond acceptors (Lipinski definition) is 2. The highest BCUT2D eigenvalue weighted by Gasteiger charge is 2.29. The van der Waals surface area contributed by atoms with Gasteiger partial charge in [-0.25, -0.2) is 0 Å². The number of benzene rings is 2. The Bertz CT molecular complexity index is 744. The molecule has 0 aliphatic carbocycles. The maximum Gasteiger partial charge on any atom is 0.223 e. The summed E-state index contributed by atoms with van der Waals surface area (Å²) in [4.78, 5) is 17.1. The lowest BCUT2D eigenvalue weighted by Crippen LogP contribution is -2.50. The van der Waals surface area contributed by atoms with Crippen LogP contribution in [-0.2, 0) is 4.79 Å². The Kier molecular flexibility index (Phi) is 6.23. The molecule has 1 fully saturated rings. The number of halogens is 1. The van der Waals surface area contributed by atoms with Crippen molar-refractivity contribution in [1.29, 1.82) is 0 Å². The molecule has 4 heteroatoms. The van der Waals surface area contributed by atoms with Gasteiger partial charge in [0.25, 0.3) is 0 Å². The normalized spacial score (nSPS) is 17.0. The SMILES string of the molecule is CC(C)(C)CC(=O)N1CCN([C@H](c2ccccc2)c2ccc(Cl)cc2)CC1. The van der Waals surface area contributed by atoms with Gasteiger partial charge in [-0.05, 0) is 28.7 Å². The molecule has 0 radical (unpaired) electrons. The monoisotopic (exact) mass is 384 g/mol. The van der Waals surface area contributed by atoms with E-state index in [2.05, 4.69) is 62.1 Å². The zero-order valence-corrected chi connectivity index (χ0v) is 17.2. The van der Waals surface area contributed by atoms with Crippen LogP contribution < -0.4 is 0 Å². The van der Waals surface area contributed by atoms with Crippen molar-refractivity contribution in [3.63, 3.8) is 0 Å². The summed E-state index contributed by atoms with van der Waals surface area (Å²) in [5.41, 5.74) is 2.54. The molecule has 2 aromatic carbocycles. The van der Waals surface area contributed by atoms with Crippen molar-refractivity contribution < 1.29 is 4.79 Å². The van der Waals surface area contributed by atoms with E-state index in [0.717, 1.165) is 31.2 Å². The summed E-state index contributed by atoms with van der Waals surface area (Å²) in [5.74, 6) is 0.268. The van der Waals surface area contributed by atoms with Crippen molar-refractivity contribution in [2.75, 3.05) is 26.2 Å². The van der Waals surface area contributed by atoms with Gasteiger partial charge < -0.3 is 4.90 Å². The van der Waals surface area contributed by atoms with Gasteiger partial charge >= 0.3 is 0 Å². The van der Waals surface area contributed by atoms with E-state index in [1.165, 1.54) is 11.1 Å². The lowest BCUT2D eigenvalue weighted by molar-refractivity contribution is -0.135. The van der Waals surface area contributed by atoms with Gasteiger partial charge in [0.1, 0.15) is 0 Å². The highest BCUT2D eigenvalue weighted by molar-refractivity contribution is 6.30. The van der Waals surface area contributed by atoms with Crippen LogP contribution in [0.4, 0.5) is 0 Å². The van der Waals surface area contributed by atoms with Crippen molar-refractivity contribution >= 4 is 17.5 Å². The van der Waals surface area contributed by atoms with Crippen LogP contribution >= 0.6 is 11.6 Å². The molecule has 0 spiro atoms. The van der Waals surface area contributed by atoms with Gasteiger partial charge in [-0.1, -0.05) is 74.8 Å². The Morgan fingerprint density at radius 1 is 0.926 bits per heavy atom. The van der Waals surface area contributed by atoms with Gasteiger partial charge in [0.15, 0.2) is 0 Å². The molecule has 0 N–H and O–H groups in total. The summed E-state index contributed by atoms with van der Waals surface area (Å²) in [6.07, 6.45) is 0.603. The highest BCUT2D eigenvalue weighted by Crippen LogP contribution is 2.30. The third-order valence-electron chi connectivity index (χ3n) is 5.01. The summed E-state index contributed by atoms with van der Waals surface area (Å²) in [5, 5.41) is 0.753. The van der Waals surface area contributed by atoms with Crippen molar-refractivity contribution in [3.05, 3.63) is 70.7 Å². The first kappa shape index (κ1) is 19.9. The summed E-state index contributed by atoms with van der Waals surface area (Å²) >= 11 is 6.10. The molecule has 1 saturated heterocycles. The van der Waals surface area contributed by atoms with Gasteiger partial charge in [-0.2, -0.15) is 0 Å². The summed E-state index contributed by atoms with van der Waals surface area (Å²) in [7, 11) is 0. The molecule has 1 aliphatic rings. The average Bonchev–Trinajstić information content (AvgIpc) is 2.64. The molecule has 0 unspecified atom stereocenters. The standard InChI is InChI=1S/C23H29ClN2O/c1-23(2,3)17-21(27)25-13-15-26(16-14-25)22(18-7-5-4-6-8-18)19-9-11-20(24)12-10-19/h4-12,22H,13-17H2,1-3H3/t22-/m1/s1. The topological polar surface area (TPSA) is 23.6 Å². The smallest absolute Gasteiger partial charge is 0.223 e. The Morgan fingerprint density at radius 2 is 1.48 bits per heavy atom. The van der Waals surface area contributed by atoms with E-state index in [0.29, 0.717) is 6.42 Å². The number of carbonyl (C=O) groups excluding carboxylic acids is 1. The predicted octanol–water partition coefficient (Wildman–Crippen LogP) is 5.01. The first-order valence-electron chi connectivity index (χ1n) is 9.66. The minimum Gasteiger partial charge on any atom is -0.340 e. The van der Waals surface area contributed by atoms with Crippen molar-refractivity contribution in [2.45, 2.75) is 33.2 Å². The maximum atomic E-state index is 12.6. The Hall–Kier alpha value is -1.84. The molecule has 0 saturated carbocycles. The third-order valence-corrected chi connectivity index (χ3v) is 5.27. The molecule has 0 aromatic heterocycles. The zero-order valence-electron chi connectivity index (χ0n) is 16.5. The fourth-order valence-corrected chi connectivity index (χ4v) is 3.82. The number of piperazine rings is 1. The van der Waals surface area contributed by atoms with Crippen molar-refractivity contribution in [2.24, 2.45) is 5.41 Å². The minimum atomic E-state index is 0.0318. The molecular weight excluding hydrogens is 356 g/mol. The minimum absolute atomic E-state index is 0.0318. The fraction of sp³-hybridized carbons (Fsp3) is 0.435. The Morgan fingerprint density at radius 3 is 2.04 bits per heavy atom. The van der Waals surface area contributed by atoms with Crippen LogP contribution in [0.2, 0.25) is 5.02 Å². The highest BCUT2D eigenvalue weighted by atomic mass is 35.5. The third kappa shape index (κ3) is 5.33. The maximum absolute atomic E-state index is 12.6. The predicted molar refractivity (Wildman–Crippen MR) is 112 cm³/mol. The van der Waals surface area contributed by atoms with Crippen LogP contribution in [0.15, 0.2) is 54.6 Å². The van der Waals surface area contributed by atoms with Crippen LogP contribution in [0.1, 0.15) is 44.4 Å². The molecule has 1 amide bonds. The second kappa shape index (κ2) is 8.45. The Labute approximate surface area is 167 Å². The first-order valence-corrected chi connectivity index (χ1v) is 10.0. The number of amides is 1. The molecule has 144 valence electrons. The number of carbonyl (C=O) groups is 1. The lowest BCUT2D eigenvalue weighted by atomic mass is 9.91. The molecule has 0 bridgehead atoms. The molecule has 1 atom stereocenters. The zero-order chi connectivity index (χ0) is 19.4. The van der Waals surface area contributed by atoms with Crippen molar-refractivity contribution in [1.82, 2.24) is 9.80 Å². The second-order valence-electron chi connectivity index (χ2n) is 8.52. The molecule has 1 heterocycles. The van der Waals surface area contributed by atoms with E-state index >= 15 is 0 Å². The fourth-order valence-electron chi connectivity index (χ4n) is 3.69. The van der Waals surface area contributed by atoms with E-state index in [-0.39, 0.29) is 17.4 Å². The number of nitrogens with zero attached hydrogens (tertiary/aromatic N) is 2. The molecule has 3 nitrogen and oxygen atoms in total. The lowest BCUT2D eigenvalue weighted by Gasteiger charge is -2.40. The van der Waals surface area contributed by atoms with Crippen LogP contribution in [0.3, 0.4) is 0 Å². The summed E-state index contributed by atoms with van der Waals surface area (Å²) in [6, 6.07) is 18.9. The molecule has 1 aliphatic heterocycles. The number of rotatable bonds is 4. The van der Waals surface area contributed by atoms with Gasteiger partial charge in [0.2, 0.25) is 5.91 Å². The molecular formula is C23H29ClN2O. The average molecular weight is 385 g/mol. The van der Waals surface area contributed by atoms with Crippen LogP contribution in [0.25, 0.3) is 0 Å². The molecule has 27 heavy (non-hydrogen) atoms. The second-order valence-corrected chi connectivity index (χ2v) is 8.96. The van der Waals surface area contributed by atoms with E-state index < -0.39 is 0 Å². The molecule has 2 aromatic rings. The summed E-state index contributed by atoms with van der Waals surface area (Å²) in [6.45, 7) is 9.67. The first-order chi connectivity index (χ1) is 12.8. The van der Waals surface area contributed by atoms with Crippen LogP contribution in [0, 0.1) is 5.41 Å². The number of hydrogen-bond donors (Lipinski definition) is 0. The van der Waals surface area contributed by atoms with Crippen molar-refractivity contribution in [3.8, 4) is 0 Å². The Balaban J connectivity index is 1.75. The van der Waals surface area contributed by atoms with E-state index in [4.69, 9.17) is 11.6 Å². The summed E-state index contributed by atoms with van der Waals surface area (Å²) < 4.78 is 0. The van der Waals surface area contributed by atoms with Crippen LogP contribution in [-0.4, -0.2) is 41.9 Å². The molecule has 3 rings (SSSR count). The van der Waals surface area contributed by atoms with Gasteiger partial charge in [-0.3, -0.25) is 9.69 Å². The van der Waals surface area contributed by atoms with Crippen LogP contribution in [0.5, 0.6) is 0 Å². The van der Waals surface area contributed by atoms with E-state index in [1.807, 2.05) is 23.1 Å². The largest absolute Gasteiger partial charge is 0.340 e. The van der Waals surface area contributed by atoms with E-state index in [1.54, 1.807) is 0 Å². The van der Waals surface area contributed by atoms with Gasteiger partial charge in [0.05, 0.1) is 6.04 Å². The van der Waals surface area contributed by atoms with Gasteiger partial charge in [-0.15, -0.1) is 0 Å². The van der Waals surface area contributed by atoms with E-state index in [9.17, 15) is 4.79 Å². The quantitative estimate of drug-likeness (QED) is 0.739. The van der Waals surface area contributed by atoms with Gasteiger partial charge in [0, 0.05) is 37.6 Å².